The van der Waals surface area contributed by atoms with Gasteiger partial charge in [0.2, 0.25) is 5.91 Å². The Kier molecular flexibility index (Phi) is 6.36. The topological polar surface area (TPSA) is 119 Å². The molecular weight excluding hydrogens is 402 g/mol. The number of amides is 1. The lowest BCUT2D eigenvalue weighted by atomic mass is 10.1. The molecule has 0 saturated carbocycles. The van der Waals surface area contributed by atoms with E-state index in [0.29, 0.717) is 18.0 Å². The number of nitrogens with two attached hydrogens (primary N) is 2. The molecule has 0 saturated heterocycles. The van der Waals surface area contributed by atoms with Crippen molar-refractivity contribution in [3.8, 4) is 17.0 Å². The van der Waals surface area contributed by atoms with Gasteiger partial charge >= 0.3 is 0 Å². The summed E-state index contributed by atoms with van der Waals surface area (Å²) in [6, 6.07) is 20.8. The van der Waals surface area contributed by atoms with Gasteiger partial charge < -0.3 is 26.5 Å². The minimum atomic E-state index is -0.132. The van der Waals surface area contributed by atoms with Gasteiger partial charge in [-0.25, -0.2) is 4.98 Å². The van der Waals surface area contributed by atoms with Crippen molar-refractivity contribution < 1.29 is 9.53 Å². The summed E-state index contributed by atoms with van der Waals surface area (Å²) >= 11 is 0. The highest BCUT2D eigenvalue weighted by Gasteiger charge is 2.09. The average Bonchev–Trinajstić information content (AvgIpc) is 3.32. The summed E-state index contributed by atoms with van der Waals surface area (Å²) in [5, 5.41) is 2.90. The van der Waals surface area contributed by atoms with E-state index in [9.17, 15) is 4.79 Å². The van der Waals surface area contributed by atoms with Gasteiger partial charge in [-0.15, -0.1) is 0 Å². The van der Waals surface area contributed by atoms with Crippen LogP contribution in [-0.2, 0) is 17.6 Å². The molecule has 4 rings (SSSR count). The SMILES string of the molecule is Nc1ccc(CC(=O)Nc2ccc(CCOc3ccccc3-c3cnc[nH]3)cc2)c(N)c1. The number of nitrogens with zero attached hydrogens (tertiary/aromatic N) is 1. The van der Waals surface area contributed by atoms with Gasteiger partial charge in [-0.05, 0) is 47.5 Å². The van der Waals surface area contributed by atoms with Crippen LogP contribution in [0.3, 0.4) is 0 Å². The monoisotopic (exact) mass is 427 g/mol. The minimum absolute atomic E-state index is 0.132. The van der Waals surface area contributed by atoms with Gasteiger partial charge in [0.25, 0.3) is 0 Å². The molecule has 1 heterocycles. The smallest absolute Gasteiger partial charge is 0.228 e. The molecule has 0 fully saturated rings. The van der Waals surface area contributed by atoms with Crippen molar-refractivity contribution in [2.45, 2.75) is 12.8 Å². The molecule has 0 radical (unpaired) electrons. The molecule has 0 unspecified atom stereocenters. The highest BCUT2D eigenvalue weighted by atomic mass is 16.5. The lowest BCUT2D eigenvalue weighted by molar-refractivity contribution is -0.115. The third kappa shape index (κ3) is 5.26. The quantitative estimate of drug-likeness (QED) is 0.316. The maximum Gasteiger partial charge on any atom is 0.228 e. The van der Waals surface area contributed by atoms with E-state index in [4.69, 9.17) is 16.2 Å². The van der Waals surface area contributed by atoms with Crippen molar-refractivity contribution in [3.05, 3.63) is 90.4 Å². The number of H-pyrrole nitrogens is 1. The number of aromatic nitrogens is 2. The molecule has 1 amide bonds. The van der Waals surface area contributed by atoms with Crippen molar-refractivity contribution >= 4 is 23.0 Å². The first kappa shape index (κ1) is 21.0. The first-order chi connectivity index (χ1) is 15.6. The van der Waals surface area contributed by atoms with Crippen LogP contribution in [0.5, 0.6) is 5.75 Å². The molecule has 0 aliphatic carbocycles. The van der Waals surface area contributed by atoms with Crippen LogP contribution in [0.1, 0.15) is 11.1 Å². The molecule has 4 aromatic rings. The average molecular weight is 428 g/mol. The third-order valence-electron chi connectivity index (χ3n) is 5.08. The molecule has 0 aliphatic rings. The number of nitrogen functional groups attached to an aromatic ring is 2. The van der Waals surface area contributed by atoms with Crippen LogP contribution in [-0.4, -0.2) is 22.5 Å². The maximum absolute atomic E-state index is 12.3. The highest BCUT2D eigenvalue weighted by Crippen LogP contribution is 2.28. The molecule has 0 aliphatic heterocycles. The van der Waals surface area contributed by atoms with E-state index in [1.807, 2.05) is 48.5 Å². The molecule has 7 heteroatoms. The van der Waals surface area contributed by atoms with Gasteiger partial charge in [0, 0.05) is 29.0 Å². The summed E-state index contributed by atoms with van der Waals surface area (Å²) < 4.78 is 6.01. The van der Waals surface area contributed by atoms with Gasteiger partial charge in [0.1, 0.15) is 5.75 Å². The van der Waals surface area contributed by atoms with Crippen LogP contribution in [0.25, 0.3) is 11.3 Å². The van der Waals surface area contributed by atoms with Crippen molar-refractivity contribution in [2.75, 3.05) is 23.4 Å². The molecule has 6 N–H and O–H groups in total. The van der Waals surface area contributed by atoms with Gasteiger partial charge in [-0.3, -0.25) is 4.79 Å². The fourth-order valence-electron chi connectivity index (χ4n) is 3.40. The van der Waals surface area contributed by atoms with E-state index in [1.165, 1.54) is 0 Å². The number of ether oxygens (including phenoxy) is 1. The van der Waals surface area contributed by atoms with Crippen LogP contribution in [0.4, 0.5) is 17.1 Å². The fourth-order valence-corrected chi connectivity index (χ4v) is 3.40. The van der Waals surface area contributed by atoms with Crippen molar-refractivity contribution in [1.29, 1.82) is 0 Å². The number of rotatable bonds is 8. The number of anilines is 3. The second kappa shape index (κ2) is 9.70. The Hall–Kier alpha value is -4.26. The second-order valence-electron chi connectivity index (χ2n) is 7.44. The second-order valence-corrected chi connectivity index (χ2v) is 7.44. The minimum Gasteiger partial charge on any atom is -0.493 e. The molecule has 3 aromatic carbocycles. The summed E-state index contributed by atoms with van der Waals surface area (Å²) in [4.78, 5) is 19.5. The Morgan fingerprint density at radius 1 is 1.03 bits per heavy atom. The zero-order valence-corrected chi connectivity index (χ0v) is 17.5. The van der Waals surface area contributed by atoms with Crippen molar-refractivity contribution in [1.82, 2.24) is 9.97 Å². The van der Waals surface area contributed by atoms with E-state index in [0.717, 1.165) is 40.2 Å². The number of carbonyl (C=O) groups is 1. The van der Waals surface area contributed by atoms with Crippen molar-refractivity contribution in [3.63, 3.8) is 0 Å². The number of imidazole rings is 1. The lowest BCUT2D eigenvalue weighted by Crippen LogP contribution is -2.15. The van der Waals surface area contributed by atoms with Crippen LogP contribution in [0, 0.1) is 0 Å². The van der Waals surface area contributed by atoms with Gasteiger partial charge in [0.05, 0.1) is 31.2 Å². The summed E-state index contributed by atoms with van der Waals surface area (Å²) in [7, 11) is 0. The third-order valence-corrected chi connectivity index (χ3v) is 5.08. The van der Waals surface area contributed by atoms with Gasteiger partial charge in [-0.1, -0.05) is 30.3 Å². The number of para-hydroxylation sites is 1. The van der Waals surface area contributed by atoms with Gasteiger partial charge in [-0.2, -0.15) is 0 Å². The van der Waals surface area contributed by atoms with E-state index in [1.54, 1.807) is 30.7 Å². The van der Waals surface area contributed by atoms with Crippen LogP contribution in [0.15, 0.2) is 79.3 Å². The molecule has 162 valence electrons. The van der Waals surface area contributed by atoms with Crippen molar-refractivity contribution in [2.24, 2.45) is 0 Å². The zero-order valence-electron chi connectivity index (χ0n) is 17.5. The number of hydrogen-bond acceptors (Lipinski definition) is 5. The van der Waals surface area contributed by atoms with E-state index >= 15 is 0 Å². The molecule has 32 heavy (non-hydrogen) atoms. The summed E-state index contributed by atoms with van der Waals surface area (Å²) in [6.07, 6.45) is 4.36. The number of benzene rings is 3. The highest BCUT2D eigenvalue weighted by molar-refractivity contribution is 5.93. The Bertz CT molecular complexity index is 1190. The molecular formula is C25H25N5O2. The summed E-state index contributed by atoms with van der Waals surface area (Å²) in [5.41, 5.74) is 17.2. The van der Waals surface area contributed by atoms with E-state index in [2.05, 4.69) is 15.3 Å². The number of aromatic amines is 1. The van der Waals surface area contributed by atoms with Crippen LogP contribution >= 0.6 is 0 Å². The fraction of sp³-hybridized carbons (Fsp3) is 0.120. The predicted molar refractivity (Wildman–Crippen MR) is 127 cm³/mol. The van der Waals surface area contributed by atoms with Gasteiger partial charge in [0.15, 0.2) is 0 Å². The molecule has 0 spiro atoms. The first-order valence-corrected chi connectivity index (χ1v) is 10.3. The lowest BCUT2D eigenvalue weighted by Gasteiger charge is -2.11. The summed E-state index contributed by atoms with van der Waals surface area (Å²) in [5.74, 6) is 0.676. The maximum atomic E-state index is 12.3. The number of carbonyl (C=O) groups excluding carboxylic acids is 1. The Labute approximate surface area is 186 Å². The van der Waals surface area contributed by atoms with Crippen LogP contribution in [0.2, 0.25) is 0 Å². The Morgan fingerprint density at radius 2 is 1.84 bits per heavy atom. The van der Waals surface area contributed by atoms with E-state index < -0.39 is 0 Å². The molecule has 0 bridgehead atoms. The number of hydrogen-bond donors (Lipinski definition) is 4. The standard InChI is InChI=1S/C25H25N5O2/c26-19-8-7-18(22(27)14-19)13-25(31)30-20-9-5-17(6-10-20)11-12-32-24-4-2-1-3-21(24)23-15-28-16-29-23/h1-10,14-16H,11-13,26-27H2,(H,28,29)(H,30,31). The molecule has 1 aromatic heterocycles. The molecule has 7 nitrogen and oxygen atoms in total. The molecule has 0 atom stereocenters. The number of nitrogens with one attached hydrogen (secondary N) is 2. The zero-order chi connectivity index (χ0) is 22.3. The Morgan fingerprint density at radius 3 is 2.59 bits per heavy atom. The normalized spacial score (nSPS) is 10.6. The first-order valence-electron chi connectivity index (χ1n) is 10.3. The van der Waals surface area contributed by atoms with Crippen LogP contribution < -0.4 is 21.5 Å². The predicted octanol–water partition coefficient (Wildman–Crippen LogP) is 4.04. The Balaban J connectivity index is 1.29. The van der Waals surface area contributed by atoms with E-state index in [-0.39, 0.29) is 12.3 Å². The summed E-state index contributed by atoms with van der Waals surface area (Å²) in [6.45, 7) is 0.535. The largest absolute Gasteiger partial charge is 0.493 e.